The first-order valence-electron chi connectivity index (χ1n) is 14.2. The van der Waals surface area contributed by atoms with Crippen molar-refractivity contribution in [2.24, 2.45) is 34.5 Å². The molecule has 0 aromatic carbocycles. The average molecular weight is 566 g/mol. The molecule has 9 heteroatoms. The molecule has 0 radical (unpaired) electrons. The number of hydrogen-bond donors (Lipinski definition) is 1. The van der Waals surface area contributed by atoms with Crippen LogP contribution < -0.4 is 0 Å². The molecule has 39 heavy (non-hydrogen) atoms. The van der Waals surface area contributed by atoms with Crippen LogP contribution in [0.15, 0.2) is 36.0 Å². The number of halogens is 3. The first kappa shape index (κ1) is 27.7. The third-order valence-electron chi connectivity index (χ3n) is 11.5. The van der Waals surface area contributed by atoms with Gasteiger partial charge in [0.25, 0.3) is 0 Å². The van der Waals surface area contributed by atoms with E-state index in [1.54, 1.807) is 6.92 Å². The molecule has 5 fully saturated rings. The Morgan fingerprint density at radius 1 is 1.28 bits per heavy atom. The van der Waals surface area contributed by atoms with E-state index in [2.05, 4.69) is 13.5 Å². The van der Waals surface area contributed by atoms with Gasteiger partial charge in [-0.2, -0.15) is 5.06 Å². The zero-order valence-electron chi connectivity index (χ0n) is 22.8. The molecule has 5 nitrogen and oxygen atoms in total. The SMILES string of the molecule is C=C1CCC(C)CC1N1C[C@@H]2C[C@H]3[C@@H]4C[C@H](F)C5=CC(=O)C=C[C@]5(C)[C@@]4(F)[C@@H](O)C[C@]3(C)[C@]2(C(=O)SCF)O1. The maximum absolute atomic E-state index is 17.5. The van der Waals surface area contributed by atoms with E-state index in [0.29, 0.717) is 30.6 Å². The lowest BCUT2D eigenvalue weighted by atomic mass is 9.44. The lowest BCUT2D eigenvalue weighted by molar-refractivity contribution is -0.271. The minimum atomic E-state index is -2.23. The molecule has 1 aliphatic heterocycles. The fraction of sp³-hybridized carbons (Fsp3) is 0.733. The Balaban J connectivity index is 1.42. The number of carbonyl (C=O) groups excluding carboxylic acids is 2. The summed E-state index contributed by atoms with van der Waals surface area (Å²) in [6.45, 7) is 10.3. The molecule has 2 unspecified atom stereocenters. The highest BCUT2D eigenvalue weighted by atomic mass is 32.2. The third kappa shape index (κ3) is 3.45. The summed E-state index contributed by atoms with van der Waals surface area (Å²) in [5, 5.41) is 13.1. The van der Waals surface area contributed by atoms with Gasteiger partial charge in [0.15, 0.2) is 17.1 Å². The summed E-state index contributed by atoms with van der Waals surface area (Å²) in [5.41, 5.74) is -5.11. The van der Waals surface area contributed by atoms with Crippen molar-refractivity contribution in [1.82, 2.24) is 5.06 Å². The predicted octanol–water partition coefficient (Wildman–Crippen LogP) is 5.45. The topological polar surface area (TPSA) is 66.8 Å². The monoisotopic (exact) mass is 565 g/mol. The van der Waals surface area contributed by atoms with Crippen LogP contribution in [0.25, 0.3) is 0 Å². The number of ketones is 1. The van der Waals surface area contributed by atoms with Gasteiger partial charge in [-0.05, 0) is 75.0 Å². The summed E-state index contributed by atoms with van der Waals surface area (Å²) in [7, 11) is 0. The number of alkyl halides is 3. The van der Waals surface area contributed by atoms with Crippen LogP contribution in [-0.2, 0) is 14.4 Å². The van der Waals surface area contributed by atoms with E-state index in [9.17, 15) is 19.1 Å². The van der Waals surface area contributed by atoms with Crippen LogP contribution in [0, 0.1) is 34.5 Å². The lowest BCUT2D eigenvalue weighted by Gasteiger charge is -2.63. The maximum Gasteiger partial charge on any atom is 0.226 e. The van der Waals surface area contributed by atoms with Gasteiger partial charge in [-0.3, -0.25) is 14.4 Å². The van der Waals surface area contributed by atoms with E-state index in [1.807, 2.05) is 12.0 Å². The van der Waals surface area contributed by atoms with Gasteiger partial charge < -0.3 is 5.11 Å². The van der Waals surface area contributed by atoms with Crippen molar-refractivity contribution < 1.29 is 32.7 Å². The Hall–Kier alpha value is -1.42. The van der Waals surface area contributed by atoms with Crippen molar-refractivity contribution in [3.8, 4) is 0 Å². The Labute approximate surface area is 232 Å². The lowest BCUT2D eigenvalue weighted by Crippen LogP contribution is -2.70. The van der Waals surface area contributed by atoms with Crippen LogP contribution in [0.3, 0.4) is 0 Å². The molecule has 1 N–H and O–H groups in total. The first-order valence-corrected chi connectivity index (χ1v) is 15.1. The summed E-state index contributed by atoms with van der Waals surface area (Å²) in [6.07, 6.45) is 3.64. The third-order valence-corrected chi connectivity index (χ3v) is 12.2. The number of fused-ring (bicyclic) bond motifs is 7. The van der Waals surface area contributed by atoms with Crippen LogP contribution in [0.1, 0.15) is 59.3 Å². The highest BCUT2D eigenvalue weighted by molar-refractivity contribution is 8.13. The van der Waals surface area contributed by atoms with Crippen molar-refractivity contribution in [1.29, 1.82) is 0 Å². The summed E-state index contributed by atoms with van der Waals surface area (Å²) >= 11 is 0.561. The summed E-state index contributed by atoms with van der Waals surface area (Å²) in [6, 6.07) is -0.988. The van der Waals surface area contributed by atoms with E-state index in [-0.39, 0.29) is 30.4 Å². The van der Waals surface area contributed by atoms with E-state index >= 15 is 8.78 Å². The largest absolute Gasteiger partial charge is 0.390 e. The van der Waals surface area contributed by atoms with Crippen LogP contribution in [0.4, 0.5) is 13.2 Å². The normalized spacial score (nSPS) is 51.2. The number of allylic oxidation sites excluding steroid dienone is 4. The van der Waals surface area contributed by atoms with Gasteiger partial charge in [0.1, 0.15) is 12.2 Å². The van der Waals surface area contributed by atoms with Crippen LogP contribution in [0.5, 0.6) is 0 Å². The average Bonchev–Trinajstić information content (AvgIpc) is 3.37. The van der Waals surface area contributed by atoms with Gasteiger partial charge in [0.2, 0.25) is 5.12 Å². The molecule has 1 saturated heterocycles. The standard InChI is InChI=1S/C30H38F3NO4S/c1-16-5-6-17(2)24(9-16)34-14-18-10-20-21-12-23(32)22-11-19(35)7-8-27(22,3)29(21,33)25(36)13-28(20,4)30(18,38-34)26(37)39-15-31/h7-8,11,16,18,20-21,23-25,36H,2,5-6,9-10,12-15H2,1,3-4H3/t16?,18-,20-,21-,23-,24?,25-,27-,28-,29-,30-/m0/s1. The minimum absolute atomic E-state index is 0.0701. The van der Waals surface area contributed by atoms with Crippen molar-refractivity contribution in [2.45, 2.75) is 88.9 Å². The molecule has 6 rings (SSSR count). The molecule has 1 heterocycles. The van der Waals surface area contributed by atoms with Crippen molar-refractivity contribution >= 4 is 22.7 Å². The number of hydroxylamine groups is 2. The number of aliphatic hydroxyl groups excluding tert-OH is 1. The predicted molar refractivity (Wildman–Crippen MR) is 143 cm³/mol. The van der Waals surface area contributed by atoms with Gasteiger partial charge >= 0.3 is 0 Å². The molecule has 214 valence electrons. The molecule has 4 saturated carbocycles. The summed E-state index contributed by atoms with van der Waals surface area (Å²) < 4.78 is 46.9. The number of carbonyl (C=O) groups is 2. The van der Waals surface area contributed by atoms with E-state index in [1.165, 1.54) is 18.2 Å². The number of rotatable bonds is 3. The highest BCUT2D eigenvalue weighted by Crippen LogP contribution is 2.73. The van der Waals surface area contributed by atoms with Crippen LogP contribution in [0.2, 0.25) is 0 Å². The molecule has 0 amide bonds. The Kier molecular flexibility index (Phi) is 6.43. The van der Waals surface area contributed by atoms with E-state index in [4.69, 9.17) is 4.84 Å². The fourth-order valence-electron chi connectivity index (χ4n) is 9.54. The maximum atomic E-state index is 17.5. The van der Waals surface area contributed by atoms with Gasteiger partial charge in [0.05, 0.1) is 12.1 Å². The van der Waals surface area contributed by atoms with Gasteiger partial charge in [0, 0.05) is 29.2 Å². The summed E-state index contributed by atoms with van der Waals surface area (Å²) in [4.78, 5) is 32.6. The molecule has 5 aliphatic carbocycles. The molecule has 6 aliphatic rings. The number of thioether (sulfide) groups is 1. The summed E-state index contributed by atoms with van der Waals surface area (Å²) in [5.74, 6) is -1.67. The molecule has 0 aromatic rings. The first-order chi connectivity index (χ1) is 18.3. The van der Waals surface area contributed by atoms with Gasteiger partial charge in [-0.1, -0.05) is 43.8 Å². The second kappa shape index (κ2) is 9.04. The fourth-order valence-corrected chi connectivity index (χ4v) is 10.3. The molecular formula is C30H38F3NO4S. The number of nitrogens with zero attached hydrogens (tertiary/aromatic N) is 1. The van der Waals surface area contributed by atoms with Crippen LogP contribution >= 0.6 is 11.8 Å². The Morgan fingerprint density at radius 2 is 2.03 bits per heavy atom. The number of hydrogen-bond acceptors (Lipinski definition) is 6. The highest BCUT2D eigenvalue weighted by Gasteiger charge is 2.79. The second-order valence-corrected chi connectivity index (χ2v) is 14.2. The van der Waals surface area contributed by atoms with E-state index < -0.39 is 63.1 Å². The second-order valence-electron chi connectivity index (χ2n) is 13.3. The molecule has 0 aromatic heterocycles. The minimum Gasteiger partial charge on any atom is -0.390 e. The Morgan fingerprint density at radius 3 is 2.74 bits per heavy atom. The van der Waals surface area contributed by atoms with Gasteiger partial charge in [-0.25, -0.2) is 13.2 Å². The molecular weight excluding hydrogens is 527 g/mol. The quantitative estimate of drug-likeness (QED) is 0.460. The van der Waals surface area contributed by atoms with Crippen LogP contribution in [-0.4, -0.2) is 63.2 Å². The van der Waals surface area contributed by atoms with Crippen molar-refractivity contribution in [2.75, 3.05) is 12.6 Å². The number of aliphatic hydroxyl groups is 1. The molecule has 0 bridgehead atoms. The zero-order chi connectivity index (χ0) is 28.1. The Bertz CT molecular complexity index is 1180. The van der Waals surface area contributed by atoms with Crippen molar-refractivity contribution in [3.63, 3.8) is 0 Å². The molecule has 0 spiro atoms. The van der Waals surface area contributed by atoms with E-state index in [0.717, 1.165) is 24.8 Å². The van der Waals surface area contributed by atoms with Gasteiger partial charge in [-0.15, -0.1) is 0 Å². The van der Waals surface area contributed by atoms with Crippen molar-refractivity contribution in [3.05, 3.63) is 36.0 Å². The zero-order valence-corrected chi connectivity index (χ0v) is 23.6. The smallest absolute Gasteiger partial charge is 0.226 e. The molecule has 11 atom stereocenters.